The average Bonchev–Trinajstić information content (AvgIpc) is 2.79. The van der Waals surface area contributed by atoms with Crippen LogP contribution in [0.25, 0.3) is 11.1 Å². The van der Waals surface area contributed by atoms with Gasteiger partial charge in [0, 0.05) is 19.2 Å². The summed E-state index contributed by atoms with van der Waals surface area (Å²) in [5.41, 5.74) is 4.70. The number of aryl methyl sites for hydroxylation is 1. The molecule has 32 heavy (non-hydrogen) atoms. The molecule has 2 heterocycles. The third-order valence-corrected chi connectivity index (χ3v) is 6.57. The smallest absolute Gasteiger partial charge is 0.253 e. The van der Waals surface area contributed by atoms with E-state index in [1.54, 1.807) is 18.0 Å². The van der Waals surface area contributed by atoms with Crippen molar-refractivity contribution in [2.45, 2.75) is 50.0 Å². The number of amides is 1. The Morgan fingerprint density at radius 2 is 1.75 bits per heavy atom. The maximum atomic E-state index is 12.5. The second-order valence-corrected chi connectivity index (χ2v) is 8.66. The molecule has 8 heteroatoms. The minimum atomic E-state index is -1.55. The van der Waals surface area contributed by atoms with Gasteiger partial charge >= 0.3 is 0 Å². The molecule has 2 aliphatic rings. The number of hydrogen-bond donors (Lipinski definition) is 5. The van der Waals surface area contributed by atoms with Crippen molar-refractivity contribution in [1.29, 1.82) is 0 Å². The number of aliphatic hydroxyl groups excluding tert-OH is 5. The van der Waals surface area contributed by atoms with Crippen LogP contribution < -0.4 is 0 Å². The second kappa shape index (κ2) is 8.90. The molecule has 5 N–H and O–H groups in total. The zero-order valence-corrected chi connectivity index (χ0v) is 18.0. The van der Waals surface area contributed by atoms with Crippen LogP contribution >= 0.6 is 0 Å². The van der Waals surface area contributed by atoms with Gasteiger partial charge in [0.15, 0.2) is 0 Å². The monoisotopic (exact) mass is 443 g/mol. The highest BCUT2D eigenvalue weighted by molar-refractivity contribution is 5.97. The lowest BCUT2D eigenvalue weighted by atomic mass is 9.87. The SMILES string of the molecule is Cc1cc(-c2ccc3c(c2)C(=O)N(C)CC3)ccc1[C@@H](O)[C@H]1OC(CO)[C@@H](O)[C@H](O)C1O. The molecule has 2 unspecified atom stereocenters. The predicted molar refractivity (Wildman–Crippen MR) is 116 cm³/mol. The van der Waals surface area contributed by atoms with Gasteiger partial charge in [0.2, 0.25) is 0 Å². The molecule has 0 aliphatic carbocycles. The minimum absolute atomic E-state index is 0.000480. The molecule has 0 saturated carbocycles. The molecular formula is C24H29NO7. The van der Waals surface area contributed by atoms with Gasteiger partial charge in [-0.25, -0.2) is 0 Å². The molecule has 4 rings (SSSR count). The molecular weight excluding hydrogens is 414 g/mol. The average molecular weight is 443 g/mol. The van der Waals surface area contributed by atoms with E-state index < -0.39 is 43.2 Å². The molecule has 2 aliphatic heterocycles. The van der Waals surface area contributed by atoms with E-state index in [9.17, 15) is 30.3 Å². The van der Waals surface area contributed by atoms with Crippen molar-refractivity contribution >= 4 is 5.91 Å². The van der Waals surface area contributed by atoms with Crippen molar-refractivity contribution < 1.29 is 35.1 Å². The summed E-state index contributed by atoms with van der Waals surface area (Å²) in [6.45, 7) is 1.95. The number of ether oxygens (including phenoxy) is 1. The van der Waals surface area contributed by atoms with Crippen molar-refractivity contribution in [3.05, 3.63) is 58.7 Å². The van der Waals surface area contributed by atoms with Crippen LogP contribution in [0.4, 0.5) is 0 Å². The number of fused-ring (bicyclic) bond motifs is 1. The molecule has 8 nitrogen and oxygen atoms in total. The lowest BCUT2D eigenvalue weighted by Gasteiger charge is -2.42. The quantitative estimate of drug-likeness (QED) is 0.455. The Morgan fingerprint density at radius 1 is 1.06 bits per heavy atom. The number of carbonyl (C=O) groups is 1. The summed E-state index contributed by atoms with van der Waals surface area (Å²) < 4.78 is 5.50. The van der Waals surface area contributed by atoms with Crippen LogP contribution in [0.1, 0.15) is 33.2 Å². The van der Waals surface area contributed by atoms with Crippen LogP contribution in [0, 0.1) is 6.92 Å². The van der Waals surface area contributed by atoms with Gasteiger partial charge in [0.25, 0.3) is 5.91 Å². The highest BCUT2D eigenvalue weighted by Crippen LogP contribution is 2.34. The maximum Gasteiger partial charge on any atom is 0.253 e. The summed E-state index contributed by atoms with van der Waals surface area (Å²) in [6, 6.07) is 11.2. The van der Waals surface area contributed by atoms with E-state index in [1.165, 1.54) is 0 Å². The number of rotatable bonds is 4. The Bertz CT molecular complexity index is 1010. The normalized spacial score (nSPS) is 29.0. The molecule has 1 amide bonds. The first-order valence-electron chi connectivity index (χ1n) is 10.7. The molecule has 2 aromatic carbocycles. The number of nitrogens with zero attached hydrogens (tertiary/aromatic N) is 1. The Morgan fingerprint density at radius 3 is 2.44 bits per heavy atom. The van der Waals surface area contributed by atoms with Gasteiger partial charge in [0.05, 0.1) is 6.61 Å². The van der Waals surface area contributed by atoms with E-state index >= 15 is 0 Å². The van der Waals surface area contributed by atoms with E-state index in [0.29, 0.717) is 17.7 Å². The number of aliphatic hydroxyl groups is 5. The third kappa shape index (κ3) is 3.94. The molecule has 172 valence electrons. The molecule has 2 aromatic rings. The topological polar surface area (TPSA) is 131 Å². The summed E-state index contributed by atoms with van der Waals surface area (Å²) in [5.74, 6) is -0.000480. The van der Waals surface area contributed by atoms with Crippen molar-refractivity contribution in [1.82, 2.24) is 4.90 Å². The first kappa shape index (κ1) is 22.8. The Kier molecular flexibility index (Phi) is 6.35. The summed E-state index contributed by atoms with van der Waals surface area (Å²) in [4.78, 5) is 14.2. The van der Waals surface area contributed by atoms with Crippen LogP contribution in [0.2, 0.25) is 0 Å². The lowest BCUT2D eigenvalue weighted by molar-refractivity contribution is -0.250. The Hall–Kier alpha value is -2.33. The second-order valence-electron chi connectivity index (χ2n) is 8.66. The third-order valence-electron chi connectivity index (χ3n) is 6.57. The molecule has 0 radical (unpaired) electrons. The van der Waals surface area contributed by atoms with Crippen LogP contribution in [0.5, 0.6) is 0 Å². The molecule has 0 spiro atoms. The summed E-state index contributed by atoms with van der Waals surface area (Å²) in [6.07, 6.45) is -7.31. The van der Waals surface area contributed by atoms with E-state index in [1.807, 2.05) is 37.3 Å². The zero-order chi connectivity index (χ0) is 23.2. The summed E-state index contributed by atoms with van der Waals surface area (Å²) in [5, 5.41) is 50.6. The lowest BCUT2D eigenvalue weighted by Crippen LogP contribution is -2.59. The van der Waals surface area contributed by atoms with Gasteiger partial charge in [-0.1, -0.05) is 30.3 Å². The number of carbonyl (C=O) groups excluding carboxylic acids is 1. The van der Waals surface area contributed by atoms with Gasteiger partial charge in [0.1, 0.15) is 36.6 Å². The first-order chi connectivity index (χ1) is 15.2. The Labute approximate surface area is 186 Å². The first-order valence-corrected chi connectivity index (χ1v) is 10.7. The molecule has 1 fully saturated rings. The van der Waals surface area contributed by atoms with Gasteiger partial charge in [-0.15, -0.1) is 0 Å². The van der Waals surface area contributed by atoms with E-state index in [4.69, 9.17) is 4.74 Å². The van der Waals surface area contributed by atoms with Gasteiger partial charge in [-0.3, -0.25) is 4.79 Å². The standard InChI is InChI=1S/C24H29NO7/c1-12-9-14(15-4-3-13-7-8-25(2)24(31)17(13)10-15)5-6-16(12)19(27)23-22(30)21(29)20(28)18(11-26)32-23/h3-6,9-10,18-23,26-30H,7-8,11H2,1-2H3/t18?,19-,20-,21+,22?,23-/m1/s1. The maximum absolute atomic E-state index is 12.5. The predicted octanol–water partition coefficient (Wildman–Crippen LogP) is 0.166. The van der Waals surface area contributed by atoms with Crippen molar-refractivity contribution in [2.24, 2.45) is 0 Å². The van der Waals surface area contributed by atoms with Crippen LogP contribution in [0.3, 0.4) is 0 Å². The van der Waals surface area contributed by atoms with Crippen molar-refractivity contribution in [2.75, 3.05) is 20.2 Å². The fourth-order valence-electron chi connectivity index (χ4n) is 4.52. The van der Waals surface area contributed by atoms with E-state index in [2.05, 4.69) is 0 Å². The number of benzene rings is 2. The van der Waals surface area contributed by atoms with Gasteiger partial charge < -0.3 is 35.2 Å². The summed E-state index contributed by atoms with van der Waals surface area (Å²) in [7, 11) is 1.79. The fraction of sp³-hybridized carbons (Fsp3) is 0.458. The van der Waals surface area contributed by atoms with Gasteiger partial charge in [-0.05, 0) is 47.2 Å². The Balaban J connectivity index is 1.61. The molecule has 0 aromatic heterocycles. The largest absolute Gasteiger partial charge is 0.394 e. The minimum Gasteiger partial charge on any atom is -0.394 e. The molecule has 6 atom stereocenters. The van der Waals surface area contributed by atoms with E-state index in [0.717, 1.165) is 28.7 Å². The highest BCUT2D eigenvalue weighted by atomic mass is 16.6. The van der Waals surface area contributed by atoms with E-state index in [-0.39, 0.29) is 5.91 Å². The summed E-state index contributed by atoms with van der Waals surface area (Å²) >= 11 is 0. The van der Waals surface area contributed by atoms with Crippen molar-refractivity contribution in [3.8, 4) is 11.1 Å². The zero-order valence-electron chi connectivity index (χ0n) is 18.0. The van der Waals surface area contributed by atoms with Crippen LogP contribution in [-0.2, 0) is 11.2 Å². The van der Waals surface area contributed by atoms with Crippen LogP contribution in [-0.4, -0.2) is 87.1 Å². The number of likely N-dealkylation sites (N-methyl/N-ethyl adjacent to an activating group) is 1. The van der Waals surface area contributed by atoms with Crippen molar-refractivity contribution in [3.63, 3.8) is 0 Å². The number of hydrogen-bond acceptors (Lipinski definition) is 7. The highest BCUT2D eigenvalue weighted by Gasteiger charge is 2.46. The van der Waals surface area contributed by atoms with Crippen LogP contribution in [0.15, 0.2) is 36.4 Å². The molecule has 0 bridgehead atoms. The molecule has 1 saturated heterocycles. The fourth-order valence-corrected chi connectivity index (χ4v) is 4.52. The van der Waals surface area contributed by atoms with Gasteiger partial charge in [-0.2, -0.15) is 0 Å².